The summed E-state index contributed by atoms with van der Waals surface area (Å²) in [6.45, 7) is 3.44. The van der Waals surface area contributed by atoms with Gasteiger partial charge in [-0.05, 0) is 43.3 Å². The molecule has 0 amide bonds. The molecule has 6 nitrogen and oxygen atoms in total. The van der Waals surface area contributed by atoms with Gasteiger partial charge in [0.15, 0.2) is 5.76 Å². The van der Waals surface area contributed by atoms with Gasteiger partial charge in [0.05, 0.1) is 6.26 Å². The number of aromatic nitrogens is 1. The Labute approximate surface area is 132 Å². The molecule has 3 aromatic rings. The second-order valence-corrected chi connectivity index (χ2v) is 4.85. The third-order valence-electron chi connectivity index (χ3n) is 3.09. The van der Waals surface area contributed by atoms with Gasteiger partial charge in [-0.1, -0.05) is 0 Å². The van der Waals surface area contributed by atoms with E-state index in [1.165, 1.54) is 6.92 Å². The van der Waals surface area contributed by atoms with Gasteiger partial charge in [0.2, 0.25) is 0 Å². The SMILES string of the molecule is CC(=O)Oc1ccc(OCc2nc(-c3ccco3)oc2C)cc1. The number of esters is 1. The highest BCUT2D eigenvalue weighted by molar-refractivity contribution is 5.69. The van der Waals surface area contributed by atoms with Crippen LogP contribution in [-0.2, 0) is 11.4 Å². The Hall–Kier alpha value is -3.02. The lowest BCUT2D eigenvalue weighted by Crippen LogP contribution is -2.01. The summed E-state index contributed by atoms with van der Waals surface area (Å²) in [7, 11) is 0. The molecule has 0 unspecified atom stereocenters. The maximum absolute atomic E-state index is 10.9. The van der Waals surface area contributed by atoms with Gasteiger partial charge in [-0.15, -0.1) is 0 Å². The Morgan fingerprint density at radius 2 is 1.91 bits per heavy atom. The number of benzene rings is 1. The Balaban J connectivity index is 1.65. The highest BCUT2D eigenvalue weighted by Gasteiger charge is 2.13. The topological polar surface area (TPSA) is 74.7 Å². The van der Waals surface area contributed by atoms with E-state index < -0.39 is 0 Å². The molecule has 0 aliphatic rings. The van der Waals surface area contributed by atoms with Crippen molar-refractivity contribution in [2.24, 2.45) is 0 Å². The summed E-state index contributed by atoms with van der Waals surface area (Å²) in [6, 6.07) is 10.3. The van der Waals surface area contributed by atoms with Crippen LogP contribution in [0.1, 0.15) is 18.4 Å². The van der Waals surface area contributed by atoms with E-state index in [2.05, 4.69) is 4.98 Å². The van der Waals surface area contributed by atoms with Gasteiger partial charge >= 0.3 is 5.97 Å². The summed E-state index contributed by atoms with van der Waals surface area (Å²) in [5.41, 5.74) is 0.695. The molecular formula is C17H15NO5. The van der Waals surface area contributed by atoms with E-state index in [0.29, 0.717) is 34.6 Å². The van der Waals surface area contributed by atoms with Gasteiger partial charge in [-0.2, -0.15) is 0 Å². The van der Waals surface area contributed by atoms with E-state index in [9.17, 15) is 4.79 Å². The number of aryl methyl sites for hydroxylation is 1. The van der Waals surface area contributed by atoms with Crippen LogP contribution in [0.4, 0.5) is 0 Å². The highest BCUT2D eigenvalue weighted by Crippen LogP contribution is 2.24. The predicted molar refractivity (Wildman–Crippen MR) is 81.0 cm³/mol. The molecule has 3 rings (SSSR count). The molecule has 0 fully saturated rings. The molecule has 0 N–H and O–H groups in total. The second kappa shape index (κ2) is 6.39. The van der Waals surface area contributed by atoms with Gasteiger partial charge in [0, 0.05) is 6.92 Å². The highest BCUT2D eigenvalue weighted by atomic mass is 16.5. The maximum atomic E-state index is 10.9. The first-order chi connectivity index (χ1) is 11.1. The minimum Gasteiger partial charge on any atom is -0.487 e. The molecular weight excluding hydrogens is 298 g/mol. The average molecular weight is 313 g/mol. The molecule has 2 aromatic heterocycles. The number of hydrogen-bond donors (Lipinski definition) is 0. The largest absolute Gasteiger partial charge is 0.487 e. The molecule has 0 aliphatic heterocycles. The summed E-state index contributed by atoms with van der Waals surface area (Å²) in [6.07, 6.45) is 1.57. The molecule has 0 spiro atoms. The second-order valence-electron chi connectivity index (χ2n) is 4.85. The summed E-state index contributed by atoms with van der Waals surface area (Å²) >= 11 is 0. The number of carbonyl (C=O) groups is 1. The number of carbonyl (C=O) groups excluding carboxylic acids is 1. The molecule has 0 atom stereocenters. The van der Waals surface area contributed by atoms with Crippen LogP contribution in [0.2, 0.25) is 0 Å². The molecule has 0 bridgehead atoms. The van der Waals surface area contributed by atoms with E-state index >= 15 is 0 Å². The fourth-order valence-corrected chi connectivity index (χ4v) is 1.99. The van der Waals surface area contributed by atoms with Crippen molar-refractivity contribution in [1.82, 2.24) is 4.98 Å². The first-order valence-corrected chi connectivity index (χ1v) is 7.03. The number of oxazole rings is 1. The fourth-order valence-electron chi connectivity index (χ4n) is 1.99. The van der Waals surface area contributed by atoms with Crippen molar-refractivity contribution in [3.63, 3.8) is 0 Å². The van der Waals surface area contributed by atoms with Crippen LogP contribution in [0.3, 0.4) is 0 Å². The molecule has 1 aromatic carbocycles. The van der Waals surface area contributed by atoms with Crippen molar-refractivity contribution in [1.29, 1.82) is 0 Å². The lowest BCUT2D eigenvalue weighted by atomic mass is 10.3. The van der Waals surface area contributed by atoms with Crippen molar-refractivity contribution in [3.8, 4) is 23.1 Å². The zero-order chi connectivity index (χ0) is 16.2. The van der Waals surface area contributed by atoms with Crippen LogP contribution in [0, 0.1) is 6.92 Å². The van der Waals surface area contributed by atoms with E-state index in [0.717, 1.165) is 0 Å². The minimum atomic E-state index is -0.359. The molecule has 0 radical (unpaired) electrons. The quantitative estimate of drug-likeness (QED) is 0.527. The van der Waals surface area contributed by atoms with Crippen molar-refractivity contribution < 1.29 is 23.1 Å². The van der Waals surface area contributed by atoms with E-state index in [1.54, 1.807) is 42.7 Å². The van der Waals surface area contributed by atoms with Gasteiger partial charge in [0.25, 0.3) is 5.89 Å². The number of nitrogens with zero attached hydrogens (tertiary/aromatic N) is 1. The van der Waals surface area contributed by atoms with Crippen LogP contribution >= 0.6 is 0 Å². The minimum absolute atomic E-state index is 0.267. The fraction of sp³-hybridized carbons (Fsp3) is 0.176. The zero-order valence-corrected chi connectivity index (χ0v) is 12.7. The van der Waals surface area contributed by atoms with Gasteiger partial charge < -0.3 is 18.3 Å². The lowest BCUT2D eigenvalue weighted by Gasteiger charge is -2.05. The molecule has 6 heteroatoms. The van der Waals surface area contributed by atoms with E-state index in [-0.39, 0.29) is 12.6 Å². The Bertz CT molecular complexity index is 787. The van der Waals surface area contributed by atoms with Crippen LogP contribution in [0.15, 0.2) is 51.5 Å². The third-order valence-corrected chi connectivity index (χ3v) is 3.09. The Kier molecular flexibility index (Phi) is 4.14. The number of ether oxygens (including phenoxy) is 2. The van der Waals surface area contributed by atoms with E-state index in [1.807, 2.05) is 6.92 Å². The molecule has 23 heavy (non-hydrogen) atoms. The average Bonchev–Trinajstić information content (AvgIpc) is 3.15. The standard InChI is InChI=1S/C17H15NO5/c1-11-15(18-17(22-11)16-4-3-9-20-16)10-21-13-5-7-14(8-6-13)23-12(2)19/h3-9H,10H2,1-2H3. The number of furan rings is 1. The molecule has 2 heterocycles. The summed E-state index contributed by atoms with van der Waals surface area (Å²) in [5.74, 6) is 2.43. The molecule has 0 saturated carbocycles. The summed E-state index contributed by atoms with van der Waals surface area (Å²) in [5, 5.41) is 0. The Morgan fingerprint density at radius 3 is 2.57 bits per heavy atom. The van der Waals surface area contributed by atoms with Crippen molar-refractivity contribution >= 4 is 5.97 Å². The van der Waals surface area contributed by atoms with Crippen LogP contribution < -0.4 is 9.47 Å². The number of rotatable bonds is 5. The smallest absolute Gasteiger partial charge is 0.308 e. The van der Waals surface area contributed by atoms with Crippen molar-refractivity contribution in [2.75, 3.05) is 0 Å². The molecule has 118 valence electrons. The Morgan fingerprint density at radius 1 is 1.17 bits per heavy atom. The molecule has 0 saturated heterocycles. The van der Waals surface area contributed by atoms with Gasteiger partial charge in [-0.3, -0.25) is 4.79 Å². The third kappa shape index (κ3) is 3.60. The van der Waals surface area contributed by atoms with Crippen LogP contribution in [0.5, 0.6) is 11.5 Å². The monoisotopic (exact) mass is 313 g/mol. The van der Waals surface area contributed by atoms with E-state index in [4.69, 9.17) is 18.3 Å². The first kappa shape index (κ1) is 14.9. The molecule has 0 aliphatic carbocycles. The zero-order valence-electron chi connectivity index (χ0n) is 12.7. The predicted octanol–water partition coefficient (Wildman–Crippen LogP) is 3.75. The van der Waals surface area contributed by atoms with Crippen molar-refractivity contribution in [2.45, 2.75) is 20.5 Å². The maximum Gasteiger partial charge on any atom is 0.308 e. The van der Waals surface area contributed by atoms with Gasteiger partial charge in [0.1, 0.15) is 29.6 Å². The lowest BCUT2D eigenvalue weighted by molar-refractivity contribution is -0.131. The first-order valence-electron chi connectivity index (χ1n) is 7.03. The normalized spacial score (nSPS) is 10.5. The van der Waals surface area contributed by atoms with Crippen LogP contribution in [-0.4, -0.2) is 11.0 Å². The van der Waals surface area contributed by atoms with Crippen LogP contribution in [0.25, 0.3) is 11.7 Å². The summed E-state index contributed by atoms with van der Waals surface area (Å²) < 4.78 is 21.5. The van der Waals surface area contributed by atoms with Crippen molar-refractivity contribution in [3.05, 3.63) is 54.1 Å². The van der Waals surface area contributed by atoms with Gasteiger partial charge in [-0.25, -0.2) is 4.98 Å². The number of hydrogen-bond acceptors (Lipinski definition) is 6. The summed E-state index contributed by atoms with van der Waals surface area (Å²) in [4.78, 5) is 15.2.